The van der Waals surface area contributed by atoms with Gasteiger partial charge in [0, 0.05) is 14.1 Å². The van der Waals surface area contributed by atoms with Crippen molar-refractivity contribution in [2.75, 3.05) is 14.1 Å². The van der Waals surface area contributed by atoms with Crippen LogP contribution < -0.4 is 5.32 Å². The number of hydrogen-bond acceptors (Lipinski definition) is 2. The summed E-state index contributed by atoms with van der Waals surface area (Å²) in [4.78, 5) is 24.1. The van der Waals surface area contributed by atoms with E-state index in [0.29, 0.717) is 12.8 Å². The second-order valence-corrected chi connectivity index (χ2v) is 4.01. The minimum atomic E-state index is -1.00. The van der Waals surface area contributed by atoms with Crippen molar-refractivity contribution in [3.63, 3.8) is 0 Å². The van der Waals surface area contributed by atoms with Crippen molar-refractivity contribution in [2.45, 2.75) is 37.6 Å². The zero-order valence-electron chi connectivity index (χ0n) is 9.25. The summed E-state index contributed by atoms with van der Waals surface area (Å²) in [5, 5.41) is 11.7. The number of urea groups is 1. The molecule has 1 aliphatic rings. The maximum atomic E-state index is 11.5. The lowest BCUT2D eigenvalue weighted by Crippen LogP contribution is -2.58. The topological polar surface area (TPSA) is 69.6 Å². The van der Waals surface area contributed by atoms with Crippen LogP contribution in [-0.2, 0) is 4.79 Å². The van der Waals surface area contributed by atoms with Crippen LogP contribution in [0, 0.1) is 0 Å². The van der Waals surface area contributed by atoms with Crippen molar-refractivity contribution < 1.29 is 14.7 Å². The van der Waals surface area contributed by atoms with Crippen LogP contribution in [0.5, 0.6) is 0 Å². The van der Waals surface area contributed by atoms with E-state index in [0.717, 1.165) is 19.3 Å². The Bertz CT molecular complexity index is 259. The van der Waals surface area contributed by atoms with Crippen LogP contribution in [-0.4, -0.2) is 41.6 Å². The van der Waals surface area contributed by atoms with Crippen molar-refractivity contribution in [3.8, 4) is 0 Å². The lowest BCUT2D eigenvalue weighted by atomic mass is 9.80. The fourth-order valence-electron chi connectivity index (χ4n) is 2.19. The highest BCUT2D eigenvalue weighted by Crippen LogP contribution is 2.33. The molecule has 15 heavy (non-hydrogen) atoms. The molecule has 0 bridgehead atoms. The Morgan fingerprint density at radius 2 is 1.80 bits per heavy atom. The van der Waals surface area contributed by atoms with Crippen LogP contribution in [0.3, 0.4) is 0 Å². The number of likely N-dealkylation sites (N-methyl/N-ethyl adjacent to an activating group) is 1. The molecule has 0 atom stereocenters. The van der Waals surface area contributed by atoms with Crippen LogP contribution in [0.2, 0.25) is 0 Å². The largest absolute Gasteiger partial charge is 0.479 e. The summed E-state index contributed by atoms with van der Waals surface area (Å²) in [6.07, 6.45) is 3.89. The van der Waals surface area contributed by atoms with Gasteiger partial charge in [0.15, 0.2) is 0 Å². The number of nitrogens with one attached hydrogen (secondary N) is 1. The molecule has 0 aromatic heterocycles. The van der Waals surface area contributed by atoms with Gasteiger partial charge in [-0.3, -0.25) is 0 Å². The van der Waals surface area contributed by atoms with Gasteiger partial charge in [-0.1, -0.05) is 19.3 Å². The van der Waals surface area contributed by atoms with Crippen molar-refractivity contribution in [3.05, 3.63) is 0 Å². The Balaban J connectivity index is 2.89. The van der Waals surface area contributed by atoms with Crippen LogP contribution in [0.25, 0.3) is 0 Å². The summed E-state index contributed by atoms with van der Waals surface area (Å²) in [5.41, 5.74) is -1.00. The number of amides is 2. The molecule has 2 N–H and O–H groups in total. The van der Waals surface area contributed by atoms with Crippen molar-refractivity contribution in [1.29, 1.82) is 0 Å². The van der Waals surface area contributed by atoms with Crippen LogP contribution >= 0.6 is 0 Å². The van der Waals surface area contributed by atoms with Gasteiger partial charge in [0.2, 0.25) is 0 Å². The first kappa shape index (κ1) is 11.8. The highest BCUT2D eigenvalue weighted by Gasteiger charge is 2.45. The summed E-state index contributed by atoms with van der Waals surface area (Å²) < 4.78 is 0. The smallest absolute Gasteiger partial charge is 0.329 e. The number of aliphatic carboxylic acids is 1. The summed E-state index contributed by atoms with van der Waals surface area (Å²) >= 11 is 0. The van der Waals surface area contributed by atoms with Gasteiger partial charge in [0.25, 0.3) is 0 Å². The second kappa shape index (κ2) is 4.51. The van der Waals surface area contributed by atoms with Gasteiger partial charge in [-0.15, -0.1) is 0 Å². The zero-order valence-corrected chi connectivity index (χ0v) is 9.25. The molecule has 0 aliphatic heterocycles. The predicted molar refractivity (Wildman–Crippen MR) is 55.7 cm³/mol. The van der Waals surface area contributed by atoms with E-state index in [4.69, 9.17) is 0 Å². The molecule has 0 saturated heterocycles. The first-order chi connectivity index (χ1) is 7.04. The van der Waals surface area contributed by atoms with E-state index >= 15 is 0 Å². The molecule has 1 saturated carbocycles. The van der Waals surface area contributed by atoms with E-state index < -0.39 is 11.5 Å². The monoisotopic (exact) mass is 214 g/mol. The summed E-state index contributed by atoms with van der Waals surface area (Å²) in [7, 11) is 3.06. The van der Waals surface area contributed by atoms with Crippen molar-refractivity contribution >= 4 is 12.0 Å². The Labute approximate surface area is 89.4 Å². The first-order valence-corrected chi connectivity index (χ1v) is 5.23. The van der Waals surface area contributed by atoms with Gasteiger partial charge < -0.3 is 15.3 Å². The molecule has 0 radical (unpaired) electrons. The molecule has 1 rings (SSSR count). The van der Waals surface area contributed by atoms with Crippen LogP contribution in [0.15, 0.2) is 0 Å². The van der Waals surface area contributed by atoms with Gasteiger partial charge >= 0.3 is 12.0 Å². The minimum absolute atomic E-state index is 0.334. The van der Waals surface area contributed by atoms with Gasteiger partial charge in [0.05, 0.1) is 0 Å². The summed E-state index contributed by atoms with van der Waals surface area (Å²) in [5.74, 6) is -0.895. The van der Waals surface area contributed by atoms with E-state index in [1.165, 1.54) is 11.9 Å². The third-order valence-corrected chi connectivity index (χ3v) is 3.24. The maximum Gasteiger partial charge on any atom is 0.329 e. The number of hydrogen-bond donors (Lipinski definition) is 2. The van der Waals surface area contributed by atoms with E-state index in [1.54, 1.807) is 7.05 Å². The third-order valence-electron chi connectivity index (χ3n) is 3.24. The molecule has 5 heteroatoms. The van der Waals surface area contributed by atoms with Crippen molar-refractivity contribution in [2.24, 2.45) is 0 Å². The molecule has 1 fully saturated rings. The Morgan fingerprint density at radius 1 is 1.27 bits per heavy atom. The first-order valence-electron chi connectivity index (χ1n) is 5.23. The van der Waals surface area contributed by atoms with Gasteiger partial charge in [-0.05, 0) is 12.8 Å². The highest BCUT2D eigenvalue weighted by atomic mass is 16.4. The maximum absolute atomic E-state index is 11.5. The number of carbonyl (C=O) groups excluding carboxylic acids is 1. The van der Waals surface area contributed by atoms with E-state index in [9.17, 15) is 14.7 Å². The van der Waals surface area contributed by atoms with Gasteiger partial charge in [-0.2, -0.15) is 0 Å². The average molecular weight is 214 g/mol. The van der Waals surface area contributed by atoms with Crippen molar-refractivity contribution in [1.82, 2.24) is 10.2 Å². The predicted octanol–water partition coefficient (Wildman–Crippen LogP) is 1.05. The minimum Gasteiger partial charge on any atom is -0.479 e. The normalized spacial score (nSPS) is 19.3. The molecule has 0 heterocycles. The molecule has 0 aromatic rings. The Hall–Kier alpha value is -1.26. The van der Waals surface area contributed by atoms with E-state index in [-0.39, 0.29) is 6.03 Å². The molecule has 0 unspecified atom stereocenters. The standard InChI is InChI=1S/C10H18N2O3/c1-11-9(15)12(2)10(8(13)14)6-4-3-5-7-10/h3-7H2,1-2H3,(H,11,15)(H,13,14). The third kappa shape index (κ3) is 2.06. The number of nitrogens with zero attached hydrogens (tertiary/aromatic N) is 1. The van der Waals surface area contributed by atoms with Crippen LogP contribution in [0.1, 0.15) is 32.1 Å². The quantitative estimate of drug-likeness (QED) is 0.721. The van der Waals surface area contributed by atoms with E-state index in [2.05, 4.69) is 5.32 Å². The van der Waals surface area contributed by atoms with Gasteiger partial charge in [-0.25, -0.2) is 9.59 Å². The molecule has 1 aliphatic carbocycles. The lowest BCUT2D eigenvalue weighted by Gasteiger charge is -2.40. The highest BCUT2D eigenvalue weighted by molar-refractivity contribution is 5.86. The fourth-order valence-corrected chi connectivity index (χ4v) is 2.19. The Morgan fingerprint density at radius 3 is 2.20 bits per heavy atom. The number of carboxylic acids is 1. The Kier molecular flexibility index (Phi) is 3.55. The lowest BCUT2D eigenvalue weighted by molar-refractivity contribution is -0.151. The number of carbonyl (C=O) groups is 2. The molecule has 2 amide bonds. The molecule has 5 nitrogen and oxygen atoms in total. The summed E-state index contributed by atoms with van der Waals surface area (Å²) in [6.45, 7) is 0. The number of carboxylic acid groups (broad SMARTS) is 1. The SMILES string of the molecule is CNC(=O)N(C)C1(C(=O)O)CCCCC1. The molecule has 86 valence electrons. The molecule has 0 spiro atoms. The second-order valence-electron chi connectivity index (χ2n) is 4.01. The van der Waals surface area contributed by atoms with Gasteiger partial charge in [0.1, 0.15) is 5.54 Å². The fraction of sp³-hybridized carbons (Fsp3) is 0.800. The molecular weight excluding hydrogens is 196 g/mol. The van der Waals surface area contributed by atoms with E-state index in [1.807, 2.05) is 0 Å². The average Bonchev–Trinajstić information content (AvgIpc) is 2.27. The number of rotatable bonds is 2. The summed E-state index contributed by atoms with van der Waals surface area (Å²) in [6, 6.07) is -0.334. The van der Waals surface area contributed by atoms with Crippen LogP contribution in [0.4, 0.5) is 4.79 Å². The molecule has 0 aromatic carbocycles. The molecular formula is C10H18N2O3. The zero-order chi connectivity index (χ0) is 11.5.